The van der Waals surface area contributed by atoms with Crippen molar-refractivity contribution in [1.82, 2.24) is 9.97 Å². The van der Waals surface area contributed by atoms with E-state index in [4.69, 9.17) is 16.0 Å². The third kappa shape index (κ3) is 6.47. The van der Waals surface area contributed by atoms with Crippen molar-refractivity contribution in [2.24, 2.45) is 0 Å². The van der Waals surface area contributed by atoms with Gasteiger partial charge in [0.2, 0.25) is 5.95 Å². The van der Waals surface area contributed by atoms with E-state index in [9.17, 15) is 18.0 Å². The Morgan fingerprint density at radius 3 is 2.36 bits per heavy atom. The van der Waals surface area contributed by atoms with E-state index in [0.29, 0.717) is 34.1 Å². The average Bonchev–Trinajstić information content (AvgIpc) is 3.45. The second-order valence-corrected chi connectivity index (χ2v) is 9.01. The summed E-state index contributed by atoms with van der Waals surface area (Å²) in [4.78, 5) is 21.2. The smallest absolute Gasteiger partial charge is 0.416 e. The van der Waals surface area contributed by atoms with Crippen molar-refractivity contribution in [3.05, 3.63) is 113 Å². The number of hydrogen-bond donors (Lipinski definition) is 3. The van der Waals surface area contributed by atoms with Crippen LogP contribution in [0.3, 0.4) is 0 Å². The van der Waals surface area contributed by atoms with Gasteiger partial charge in [-0.1, -0.05) is 23.7 Å². The minimum atomic E-state index is -4.51. The molecule has 39 heavy (non-hydrogen) atoms. The van der Waals surface area contributed by atoms with Crippen LogP contribution >= 0.6 is 11.6 Å². The molecule has 0 aliphatic carbocycles. The first kappa shape index (κ1) is 26.1. The molecule has 7 nitrogen and oxygen atoms in total. The molecule has 2 heterocycles. The molecule has 5 rings (SSSR count). The first-order valence-corrected chi connectivity index (χ1v) is 12.2. The monoisotopic (exact) mass is 551 g/mol. The van der Waals surface area contributed by atoms with Crippen molar-refractivity contribution in [1.29, 1.82) is 0 Å². The fourth-order valence-corrected chi connectivity index (χ4v) is 3.92. The van der Waals surface area contributed by atoms with Gasteiger partial charge in [-0.3, -0.25) is 4.79 Å². The molecule has 0 radical (unpaired) electrons. The predicted octanol–water partition coefficient (Wildman–Crippen LogP) is 7.37. The Bertz CT molecular complexity index is 1590. The van der Waals surface area contributed by atoms with Crippen molar-refractivity contribution in [3.8, 4) is 0 Å². The molecule has 1 amide bonds. The third-order valence-electron chi connectivity index (χ3n) is 5.80. The second kappa shape index (κ2) is 11.0. The molecule has 0 aliphatic heterocycles. The molecule has 2 aromatic heterocycles. The topological polar surface area (TPSA) is 92.1 Å². The molecule has 198 valence electrons. The summed E-state index contributed by atoms with van der Waals surface area (Å²) in [6.45, 7) is 0.577. The van der Waals surface area contributed by atoms with Gasteiger partial charge >= 0.3 is 6.18 Å². The van der Waals surface area contributed by atoms with Crippen LogP contribution in [0.5, 0.6) is 0 Å². The van der Waals surface area contributed by atoms with Crippen molar-refractivity contribution >= 4 is 45.9 Å². The van der Waals surface area contributed by atoms with Gasteiger partial charge in [0, 0.05) is 28.2 Å². The molecule has 0 aliphatic rings. The largest absolute Gasteiger partial charge is 0.467 e. The highest BCUT2D eigenvalue weighted by Crippen LogP contribution is 2.33. The molecule has 0 spiro atoms. The van der Waals surface area contributed by atoms with Crippen molar-refractivity contribution in [2.45, 2.75) is 19.3 Å². The normalized spacial score (nSPS) is 11.4. The van der Waals surface area contributed by atoms with Crippen molar-refractivity contribution in [3.63, 3.8) is 0 Å². The van der Waals surface area contributed by atoms with Crippen molar-refractivity contribution in [2.75, 3.05) is 16.0 Å². The number of nitrogens with one attached hydrogen (secondary N) is 3. The summed E-state index contributed by atoms with van der Waals surface area (Å²) in [7, 11) is 0. The zero-order valence-corrected chi connectivity index (χ0v) is 21.0. The van der Waals surface area contributed by atoms with Gasteiger partial charge in [0.1, 0.15) is 11.6 Å². The third-order valence-corrected chi connectivity index (χ3v) is 6.05. The summed E-state index contributed by atoms with van der Waals surface area (Å²) in [5.74, 6) is 0.860. The summed E-state index contributed by atoms with van der Waals surface area (Å²) in [6, 6.07) is 20.5. The number of halogens is 4. The number of rotatable bonds is 8. The SMILES string of the molecule is O=C(Nc1ccc(CNc2nc(NCc3ccco3)nc3ccc(C(F)(F)F)cc23)cc1)c1ccc(Cl)cc1. The lowest BCUT2D eigenvalue weighted by molar-refractivity contribution is -0.137. The van der Waals surface area contributed by atoms with Gasteiger partial charge in [-0.2, -0.15) is 18.2 Å². The van der Waals surface area contributed by atoms with Crippen LogP contribution < -0.4 is 16.0 Å². The summed E-state index contributed by atoms with van der Waals surface area (Å²) < 4.78 is 45.5. The Morgan fingerprint density at radius 1 is 0.897 bits per heavy atom. The molecule has 3 aromatic carbocycles. The molecule has 0 saturated heterocycles. The molecule has 11 heteroatoms. The van der Waals surface area contributed by atoms with Crippen LogP contribution in [-0.2, 0) is 19.3 Å². The Labute approximate surface area is 226 Å². The Balaban J connectivity index is 1.33. The Morgan fingerprint density at radius 2 is 1.67 bits per heavy atom. The Hall–Kier alpha value is -4.57. The predicted molar refractivity (Wildman–Crippen MR) is 144 cm³/mol. The first-order valence-electron chi connectivity index (χ1n) is 11.8. The fraction of sp³-hybridized carbons (Fsp3) is 0.107. The number of anilines is 3. The minimum absolute atomic E-state index is 0.236. The lowest BCUT2D eigenvalue weighted by Gasteiger charge is -2.14. The van der Waals surface area contributed by atoms with E-state index < -0.39 is 11.7 Å². The van der Waals surface area contributed by atoms with Gasteiger partial charge in [-0.15, -0.1) is 0 Å². The number of nitrogens with zero attached hydrogens (tertiary/aromatic N) is 2. The fourth-order valence-electron chi connectivity index (χ4n) is 3.79. The van der Waals surface area contributed by atoms with E-state index in [0.717, 1.165) is 17.7 Å². The molecule has 0 unspecified atom stereocenters. The number of furan rings is 1. The highest BCUT2D eigenvalue weighted by Gasteiger charge is 2.31. The molecule has 5 aromatic rings. The van der Waals surface area contributed by atoms with Crippen LogP contribution in [0.15, 0.2) is 89.5 Å². The highest BCUT2D eigenvalue weighted by atomic mass is 35.5. The summed E-state index contributed by atoms with van der Waals surface area (Å²) in [5, 5.41) is 9.75. The average molecular weight is 552 g/mol. The standard InChI is InChI=1S/C28H21ClF3N5O2/c29-20-8-5-18(6-9-20)26(38)35-21-10-3-17(4-11-21)15-33-25-23-14-19(28(30,31)32)7-12-24(23)36-27(37-25)34-16-22-2-1-13-39-22/h1-14H,15-16H2,(H,35,38)(H2,33,34,36,37). The zero-order chi connectivity index (χ0) is 27.4. The molecule has 0 fully saturated rings. The van der Waals surface area contributed by atoms with Crippen LogP contribution in [-0.4, -0.2) is 15.9 Å². The van der Waals surface area contributed by atoms with Gasteiger partial charge in [-0.25, -0.2) is 4.98 Å². The molecule has 0 atom stereocenters. The highest BCUT2D eigenvalue weighted by molar-refractivity contribution is 6.30. The van der Waals surface area contributed by atoms with Crippen molar-refractivity contribution < 1.29 is 22.4 Å². The van der Waals surface area contributed by atoms with Crippen LogP contribution in [0.4, 0.5) is 30.6 Å². The minimum Gasteiger partial charge on any atom is -0.467 e. The van der Waals surface area contributed by atoms with Gasteiger partial charge in [0.05, 0.1) is 23.9 Å². The second-order valence-electron chi connectivity index (χ2n) is 8.57. The van der Waals surface area contributed by atoms with Crippen LogP contribution in [0.2, 0.25) is 5.02 Å². The molecule has 3 N–H and O–H groups in total. The molecular formula is C28H21ClF3N5O2. The van der Waals surface area contributed by atoms with Gasteiger partial charge in [0.15, 0.2) is 0 Å². The van der Waals surface area contributed by atoms with E-state index in [1.54, 1.807) is 60.7 Å². The van der Waals surface area contributed by atoms with E-state index >= 15 is 0 Å². The van der Waals surface area contributed by atoms with Crippen LogP contribution in [0, 0.1) is 0 Å². The zero-order valence-electron chi connectivity index (χ0n) is 20.2. The number of carbonyl (C=O) groups is 1. The number of hydrogen-bond acceptors (Lipinski definition) is 6. The molecule has 0 saturated carbocycles. The maximum absolute atomic E-state index is 13.4. The van der Waals surface area contributed by atoms with Gasteiger partial charge in [0.25, 0.3) is 5.91 Å². The van der Waals surface area contributed by atoms with E-state index in [1.165, 1.54) is 12.3 Å². The van der Waals surface area contributed by atoms with E-state index in [-0.39, 0.29) is 29.6 Å². The number of fused-ring (bicyclic) bond motifs is 1. The van der Waals surface area contributed by atoms with E-state index in [2.05, 4.69) is 25.9 Å². The van der Waals surface area contributed by atoms with E-state index in [1.807, 2.05) is 0 Å². The summed E-state index contributed by atoms with van der Waals surface area (Å²) >= 11 is 5.87. The lowest BCUT2D eigenvalue weighted by atomic mass is 10.1. The summed E-state index contributed by atoms with van der Waals surface area (Å²) in [6.07, 6.45) is -2.97. The quantitative estimate of drug-likeness (QED) is 0.186. The maximum atomic E-state index is 13.4. The number of carbonyl (C=O) groups excluding carboxylic acids is 1. The molecular weight excluding hydrogens is 531 g/mol. The maximum Gasteiger partial charge on any atom is 0.416 e. The van der Waals surface area contributed by atoms with Crippen LogP contribution in [0.25, 0.3) is 10.9 Å². The van der Waals surface area contributed by atoms with Crippen LogP contribution in [0.1, 0.15) is 27.2 Å². The lowest BCUT2D eigenvalue weighted by Crippen LogP contribution is -2.12. The number of amides is 1. The molecule has 0 bridgehead atoms. The van der Waals surface area contributed by atoms with Gasteiger partial charge in [-0.05, 0) is 72.3 Å². The number of benzene rings is 3. The number of alkyl halides is 3. The van der Waals surface area contributed by atoms with Gasteiger partial charge < -0.3 is 20.4 Å². The number of aromatic nitrogens is 2. The Kier molecular flexibility index (Phi) is 7.38. The first-order chi connectivity index (χ1) is 18.7. The summed E-state index contributed by atoms with van der Waals surface area (Å²) in [5.41, 5.74) is 1.44.